The number of aryl methyl sites for hydroxylation is 1. The zero-order valence-electron chi connectivity index (χ0n) is 17.4. The van der Waals surface area contributed by atoms with Crippen LogP contribution in [0.2, 0.25) is 0 Å². The van der Waals surface area contributed by atoms with Crippen molar-refractivity contribution in [1.82, 2.24) is 14.2 Å². The first kappa shape index (κ1) is 23.4. The summed E-state index contributed by atoms with van der Waals surface area (Å²) in [6.45, 7) is 0.720. The molecule has 2 amide bonds. The molecule has 2 heterocycles. The van der Waals surface area contributed by atoms with Crippen LogP contribution < -0.4 is 5.32 Å². The van der Waals surface area contributed by atoms with Crippen LogP contribution in [0.3, 0.4) is 0 Å². The monoisotopic (exact) mass is 461 g/mol. The fraction of sp³-hybridized carbons (Fsp3) is 0.286. The summed E-state index contributed by atoms with van der Waals surface area (Å²) in [6.07, 6.45) is 4.20. The Balaban J connectivity index is 1.49. The fourth-order valence-electron chi connectivity index (χ4n) is 2.96. The van der Waals surface area contributed by atoms with E-state index in [4.69, 9.17) is 9.47 Å². The average Bonchev–Trinajstić information content (AvgIpc) is 3.23. The van der Waals surface area contributed by atoms with Crippen molar-refractivity contribution in [3.63, 3.8) is 0 Å². The first-order valence-corrected chi connectivity index (χ1v) is 11.2. The van der Waals surface area contributed by atoms with Gasteiger partial charge >= 0.3 is 5.97 Å². The van der Waals surface area contributed by atoms with Crippen LogP contribution in [0.15, 0.2) is 53.6 Å². The van der Waals surface area contributed by atoms with Crippen LogP contribution in [0.25, 0.3) is 6.08 Å². The third kappa shape index (κ3) is 5.90. The standard InChI is InChI=1S/C21H23N3O7S/c1-23-10-2-3-18(23)21(27)22-19(25)15-31-20(26)9-6-16-4-7-17(8-5-16)32(28,29)24-11-13-30-14-12-24/h2-10H,11-15H2,1H3,(H,22,25,27). The van der Waals surface area contributed by atoms with Crippen LogP contribution >= 0.6 is 0 Å². The number of aromatic nitrogens is 1. The molecule has 1 aliphatic rings. The maximum Gasteiger partial charge on any atom is 0.331 e. The van der Waals surface area contributed by atoms with E-state index in [-0.39, 0.29) is 4.90 Å². The van der Waals surface area contributed by atoms with E-state index in [0.29, 0.717) is 37.6 Å². The summed E-state index contributed by atoms with van der Waals surface area (Å²) in [5.41, 5.74) is 0.870. The minimum atomic E-state index is -3.59. The van der Waals surface area contributed by atoms with E-state index < -0.39 is 34.4 Å². The summed E-state index contributed by atoms with van der Waals surface area (Å²) in [4.78, 5) is 35.7. The predicted octanol–water partition coefficient (Wildman–Crippen LogP) is 0.559. The SMILES string of the molecule is Cn1cccc1C(=O)NC(=O)COC(=O)C=Cc1ccc(S(=O)(=O)N2CCOCC2)cc1. The summed E-state index contributed by atoms with van der Waals surface area (Å²) in [6, 6.07) is 9.24. The molecule has 0 radical (unpaired) electrons. The second-order valence-electron chi connectivity index (χ2n) is 6.91. The van der Waals surface area contributed by atoms with Crippen LogP contribution in [0, 0.1) is 0 Å². The number of carbonyl (C=O) groups excluding carboxylic acids is 3. The van der Waals surface area contributed by atoms with E-state index in [1.54, 1.807) is 42.1 Å². The molecule has 0 unspecified atom stereocenters. The molecule has 1 N–H and O–H groups in total. The highest BCUT2D eigenvalue weighted by atomic mass is 32.2. The lowest BCUT2D eigenvalue weighted by Crippen LogP contribution is -2.40. The van der Waals surface area contributed by atoms with Crippen molar-refractivity contribution in [3.05, 3.63) is 59.9 Å². The molecule has 0 spiro atoms. The topological polar surface area (TPSA) is 124 Å². The number of ether oxygens (including phenoxy) is 2. The van der Waals surface area contributed by atoms with Crippen molar-refractivity contribution < 1.29 is 32.3 Å². The largest absolute Gasteiger partial charge is 0.452 e. The summed E-state index contributed by atoms with van der Waals surface area (Å²) in [5.74, 6) is -2.13. The number of morpholine rings is 1. The molecular formula is C21H23N3O7S. The number of nitrogens with zero attached hydrogens (tertiary/aromatic N) is 2. The molecular weight excluding hydrogens is 438 g/mol. The van der Waals surface area contributed by atoms with Gasteiger partial charge in [-0.05, 0) is 35.9 Å². The number of carbonyl (C=O) groups is 3. The maximum atomic E-state index is 12.6. The van der Waals surface area contributed by atoms with Crippen molar-refractivity contribution >= 4 is 33.9 Å². The summed E-state index contributed by atoms with van der Waals surface area (Å²) in [7, 11) is -1.93. The molecule has 1 saturated heterocycles. The minimum Gasteiger partial charge on any atom is -0.452 e. The highest BCUT2D eigenvalue weighted by Crippen LogP contribution is 2.18. The lowest BCUT2D eigenvalue weighted by molar-refractivity contribution is -0.143. The zero-order chi connectivity index (χ0) is 23.1. The fourth-order valence-corrected chi connectivity index (χ4v) is 4.37. The summed E-state index contributed by atoms with van der Waals surface area (Å²) < 4.78 is 38.1. The van der Waals surface area contributed by atoms with E-state index >= 15 is 0 Å². The molecule has 1 fully saturated rings. The molecule has 1 aromatic heterocycles. The summed E-state index contributed by atoms with van der Waals surface area (Å²) in [5, 5.41) is 2.13. The van der Waals surface area contributed by atoms with Gasteiger partial charge in [0.25, 0.3) is 11.8 Å². The molecule has 1 aromatic carbocycles. The number of rotatable bonds is 7. The Hall–Kier alpha value is -3.28. The number of hydrogen-bond acceptors (Lipinski definition) is 7. The lowest BCUT2D eigenvalue weighted by atomic mass is 10.2. The van der Waals surface area contributed by atoms with Crippen LogP contribution in [0.4, 0.5) is 0 Å². The number of esters is 1. The van der Waals surface area contributed by atoms with Gasteiger partial charge in [0.2, 0.25) is 10.0 Å². The summed E-state index contributed by atoms with van der Waals surface area (Å²) >= 11 is 0. The first-order valence-electron chi connectivity index (χ1n) is 9.75. The Bertz CT molecular complexity index is 1110. The van der Waals surface area contributed by atoms with Gasteiger partial charge in [-0.2, -0.15) is 4.31 Å². The van der Waals surface area contributed by atoms with E-state index in [9.17, 15) is 22.8 Å². The number of nitrogens with one attached hydrogen (secondary N) is 1. The van der Waals surface area contributed by atoms with Gasteiger partial charge in [0.05, 0.1) is 18.1 Å². The van der Waals surface area contributed by atoms with Gasteiger partial charge < -0.3 is 14.0 Å². The van der Waals surface area contributed by atoms with Gasteiger partial charge in [0.15, 0.2) is 6.61 Å². The minimum absolute atomic E-state index is 0.152. The van der Waals surface area contributed by atoms with Crippen LogP contribution in [0.5, 0.6) is 0 Å². The van der Waals surface area contributed by atoms with Gasteiger partial charge in [-0.25, -0.2) is 13.2 Å². The average molecular weight is 461 g/mol. The smallest absolute Gasteiger partial charge is 0.331 e. The van der Waals surface area contributed by atoms with E-state index in [1.807, 2.05) is 0 Å². The molecule has 0 saturated carbocycles. The number of hydrogen-bond donors (Lipinski definition) is 1. The van der Waals surface area contributed by atoms with Crippen molar-refractivity contribution in [3.8, 4) is 0 Å². The van der Waals surface area contributed by atoms with Gasteiger partial charge in [0.1, 0.15) is 5.69 Å². The van der Waals surface area contributed by atoms with Crippen LogP contribution in [-0.4, -0.2) is 68.0 Å². The molecule has 0 aliphatic carbocycles. The van der Waals surface area contributed by atoms with E-state index in [0.717, 1.165) is 6.08 Å². The van der Waals surface area contributed by atoms with Crippen LogP contribution in [-0.2, 0) is 36.1 Å². The predicted molar refractivity (Wildman–Crippen MR) is 114 cm³/mol. The molecule has 1 aliphatic heterocycles. The van der Waals surface area contributed by atoms with Gasteiger partial charge in [-0.3, -0.25) is 14.9 Å². The Morgan fingerprint density at radius 1 is 1.12 bits per heavy atom. The van der Waals surface area contributed by atoms with Gasteiger partial charge in [0, 0.05) is 32.4 Å². The van der Waals surface area contributed by atoms with Crippen LogP contribution in [0.1, 0.15) is 16.1 Å². The Kier molecular flexibility index (Phi) is 7.57. The third-order valence-electron chi connectivity index (χ3n) is 4.67. The highest BCUT2D eigenvalue weighted by Gasteiger charge is 2.26. The molecule has 32 heavy (non-hydrogen) atoms. The second-order valence-corrected chi connectivity index (χ2v) is 8.85. The Morgan fingerprint density at radius 2 is 1.81 bits per heavy atom. The molecule has 170 valence electrons. The number of benzene rings is 1. The third-order valence-corrected chi connectivity index (χ3v) is 6.59. The molecule has 11 heteroatoms. The number of amides is 2. The van der Waals surface area contributed by atoms with Gasteiger partial charge in [-0.1, -0.05) is 12.1 Å². The maximum absolute atomic E-state index is 12.6. The molecule has 2 aromatic rings. The quantitative estimate of drug-likeness (QED) is 0.472. The second kappa shape index (κ2) is 10.4. The molecule has 0 bridgehead atoms. The van der Waals surface area contributed by atoms with Crippen molar-refractivity contribution in [2.24, 2.45) is 7.05 Å². The normalized spacial score (nSPS) is 14.9. The number of imide groups is 1. The lowest BCUT2D eigenvalue weighted by Gasteiger charge is -2.26. The van der Waals surface area contributed by atoms with E-state index in [2.05, 4.69) is 5.32 Å². The first-order chi connectivity index (χ1) is 15.3. The van der Waals surface area contributed by atoms with E-state index in [1.165, 1.54) is 22.5 Å². The Labute approximate surface area is 185 Å². The van der Waals surface area contributed by atoms with Crippen molar-refractivity contribution in [1.29, 1.82) is 0 Å². The molecule has 0 atom stereocenters. The number of sulfonamides is 1. The Morgan fingerprint density at radius 3 is 2.44 bits per heavy atom. The van der Waals surface area contributed by atoms with Gasteiger partial charge in [-0.15, -0.1) is 0 Å². The highest BCUT2D eigenvalue weighted by molar-refractivity contribution is 7.89. The zero-order valence-corrected chi connectivity index (χ0v) is 18.2. The van der Waals surface area contributed by atoms with Crippen molar-refractivity contribution in [2.45, 2.75) is 4.90 Å². The molecule has 10 nitrogen and oxygen atoms in total. The molecule has 3 rings (SSSR count). The van der Waals surface area contributed by atoms with Crippen molar-refractivity contribution in [2.75, 3.05) is 32.9 Å².